The Morgan fingerprint density at radius 3 is 2.08 bits per heavy atom. The summed E-state index contributed by atoms with van der Waals surface area (Å²) in [4.78, 5) is 0. The van der Waals surface area contributed by atoms with Crippen LogP contribution in [-0.2, 0) is 0 Å². The Labute approximate surface area is 87.0 Å². The average Bonchev–Trinajstić information content (AvgIpc) is 2.10. The molecule has 0 N–H and O–H groups in total. The van der Waals surface area contributed by atoms with E-state index in [1.807, 2.05) is 6.08 Å². The summed E-state index contributed by atoms with van der Waals surface area (Å²) < 4.78 is 0. The summed E-state index contributed by atoms with van der Waals surface area (Å²) in [6, 6.07) is 0. The summed E-state index contributed by atoms with van der Waals surface area (Å²) in [6.45, 7) is 11.8. The topological polar surface area (TPSA) is 0 Å². The molecule has 0 aliphatic rings. The van der Waals surface area contributed by atoms with Crippen LogP contribution in [0, 0.1) is 0 Å². The van der Waals surface area contributed by atoms with Gasteiger partial charge in [0.25, 0.3) is 0 Å². The first kappa shape index (κ1) is 12.5. The van der Waals surface area contributed by atoms with E-state index in [1.165, 1.54) is 11.1 Å². The third-order valence-electron chi connectivity index (χ3n) is 2.15. The SMILES string of the molecule is C=CC/C(CC)=C(/CC)CC(=C)Cl. The molecular formula is C12H19Cl. The fourth-order valence-corrected chi connectivity index (χ4v) is 1.61. The molecule has 0 atom stereocenters. The molecule has 0 aromatic carbocycles. The number of halogens is 1. The molecule has 0 aliphatic carbocycles. The van der Waals surface area contributed by atoms with Crippen LogP contribution < -0.4 is 0 Å². The highest BCUT2D eigenvalue weighted by atomic mass is 35.5. The van der Waals surface area contributed by atoms with Gasteiger partial charge in [0, 0.05) is 11.5 Å². The van der Waals surface area contributed by atoms with E-state index < -0.39 is 0 Å². The summed E-state index contributed by atoms with van der Waals surface area (Å²) in [5.74, 6) is 0. The zero-order valence-corrected chi connectivity index (χ0v) is 9.45. The molecular weight excluding hydrogens is 180 g/mol. The third-order valence-corrected chi connectivity index (χ3v) is 2.28. The quantitative estimate of drug-likeness (QED) is 0.537. The molecule has 0 aliphatic heterocycles. The Hall–Kier alpha value is -0.490. The first-order chi connectivity index (χ1) is 6.15. The van der Waals surface area contributed by atoms with E-state index in [-0.39, 0.29) is 0 Å². The smallest absolute Gasteiger partial charge is 0.0149 e. The maximum atomic E-state index is 5.80. The van der Waals surface area contributed by atoms with Gasteiger partial charge in [-0.2, -0.15) is 0 Å². The highest BCUT2D eigenvalue weighted by Gasteiger charge is 2.02. The van der Waals surface area contributed by atoms with E-state index >= 15 is 0 Å². The lowest BCUT2D eigenvalue weighted by molar-refractivity contribution is 0.910. The molecule has 1 heteroatoms. The molecule has 0 heterocycles. The molecule has 0 aromatic rings. The zero-order valence-electron chi connectivity index (χ0n) is 8.70. The summed E-state index contributed by atoms with van der Waals surface area (Å²) in [5, 5.41) is 0.729. The van der Waals surface area contributed by atoms with Crippen molar-refractivity contribution in [2.24, 2.45) is 0 Å². The Morgan fingerprint density at radius 1 is 1.23 bits per heavy atom. The van der Waals surface area contributed by atoms with Crippen LogP contribution in [0.1, 0.15) is 39.5 Å². The summed E-state index contributed by atoms with van der Waals surface area (Å²) in [6.07, 6.45) is 5.90. The van der Waals surface area contributed by atoms with E-state index in [9.17, 15) is 0 Å². The van der Waals surface area contributed by atoms with Crippen LogP contribution >= 0.6 is 11.6 Å². The molecule has 0 saturated heterocycles. The van der Waals surface area contributed by atoms with Gasteiger partial charge >= 0.3 is 0 Å². The summed E-state index contributed by atoms with van der Waals surface area (Å²) >= 11 is 5.80. The normalized spacial score (nSPS) is 12.2. The average molecular weight is 199 g/mol. The largest absolute Gasteiger partial charge is 0.103 e. The van der Waals surface area contributed by atoms with Crippen molar-refractivity contribution in [3.63, 3.8) is 0 Å². The molecule has 0 amide bonds. The van der Waals surface area contributed by atoms with Gasteiger partial charge in [0.2, 0.25) is 0 Å². The molecule has 0 fully saturated rings. The lowest BCUT2D eigenvalue weighted by Crippen LogP contribution is -1.90. The van der Waals surface area contributed by atoms with E-state index in [4.69, 9.17) is 11.6 Å². The van der Waals surface area contributed by atoms with Crippen molar-refractivity contribution in [1.29, 1.82) is 0 Å². The first-order valence-electron chi connectivity index (χ1n) is 4.79. The molecule has 0 unspecified atom stereocenters. The Morgan fingerprint density at radius 2 is 1.77 bits per heavy atom. The molecule has 0 radical (unpaired) electrons. The summed E-state index contributed by atoms with van der Waals surface area (Å²) in [7, 11) is 0. The van der Waals surface area contributed by atoms with Gasteiger partial charge in [-0.15, -0.1) is 6.58 Å². The Bertz CT molecular complexity index is 211. The highest BCUT2D eigenvalue weighted by molar-refractivity contribution is 6.29. The van der Waals surface area contributed by atoms with Crippen molar-refractivity contribution >= 4 is 11.6 Å². The van der Waals surface area contributed by atoms with Crippen LogP contribution in [0.3, 0.4) is 0 Å². The second-order valence-electron chi connectivity index (χ2n) is 3.10. The maximum absolute atomic E-state index is 5.80. The fraction of sp³-hybridized carbons (Fsp3) is 0.500. The molecule has 0 aromatic heterocycles. The van der Waals surface area contributed by atoms with E-state index in [1.54, 1.807) is 0 Å². The van der Waals surface area contributed by atoms with Crippen LogP contribution in [0.2, 0.25) is 0 Å². The predicted octanol–water partition coefficient (Wildman–Crippen LogP) is 4.82. The minimum Gasteiger partial charge on any atom is -0.103 e. The molecule has 74 valence electrons. The van der Waals surface area contributed by atoms with Gasteiger partial charge in [-0.1, -0.05) is 49.2 Å². The van der Waals surface area contributed by atoms with Crippen LogP contribution in [0.25, 0.3) is 0 Å². The van der Waals surface area contributed by atoms with Crippen molar-refractivity contribution in [1.82, 2.24) is 0 Å². The monoisotopic (exact) mass is 198 g/mol. The van der Waals surface area contributed by atoms with E-state index in [0.29, 0.717) is 0 Å². The number of allylic oxidation sites excluding steroid dienone is 4. The van der Waals surface area contributed by atoms with Gasteiger partial charge in [0.1, 0.15) is 0 Å². The molecule has 0 rings (SSSR count). The maximum Gasteiger partial charge on any atom is 0.0149 e. The van der Waals surface area contributed by atoms with Crippen molar-refractivity contribution in [2.45, 2.75) is 39.5 Å². The Balaban J connectivity index is 4.59. The molecule has 0 nitrogen and oxygen atoms in total. The fourth-order valence-electron chi connectivity index (χ4n) is 1.44. The van der Waals surface area contributed by atoms with Crippen molar-refractivity contribution in [3.8, 4) is 0 Å². The van der Waals surface area contributed by atoms with Gasteiger partial charge < -0.3 is 0 Å². The molecule has 0 spiro atoms. The minimum atomic E-state index is 0.729. The number of hydrogen-bond acceptors (Lipinski definition) is 0. The van der Waals surface area contributed by atoms with Crippen LogP contribution in [0.5, 0.6) is 0 Å². The lowest BCUT2D eigenvalue weighted by atomic mass is 9.98. The second kappa shape index (κ2) is 6.97. The first-order valence-corrected chi connectivity index (χ1v) is 5.17. The van der Waals surface area contributed by atoms with Gasteiger partial charge in [-0.25, -0.2) is 0 Å². The van der Waals surface area contributed by atoms with Crippen LogP contribution in [0.15, 0.2) is 35.4 Å². The minimum absolute atomic E-state index is 0.729. The molecule has 0 bridgehead atoms. The standard InChI is InChI=1S/C12H19Cl/c1-5-8-11(6-2)12(7-3)9-10(4)13/h5H,1,4,6-9H2,2-3H3/b12-11-. The Kier molecular flexibility index (Phi) is 6.70. The van der Waals surface area contributed by atoms with Gasteiger partial charge in [0.15, 0.2) is 0 Å². The highest BCUT2D eigenvalue weighted by Crippen LogP contribution is 2.23. The van der Waals surface area contributed by atoms with Crippen LogP contribution in [-0.4, -0.2) is 0 Å². The van der Waals surface area contributed by atoms with Gasteiger partial charge in [-0.05, 0) is 19.3 Å². The van der Waals surface area contributed by atoms with Crippen molar-refractivity contribution in [2.75, 3.05) is 0 Å². The molecule has 13 heavy (non-hydrogen) atoms. The summed E-state index contributed by atoms with van der Waals surface area (Å²) in [5.41, 5.74) is 2.88. The van der Waals surface area contributed by atoms with Crippen molar-refractivity contribution < 1.29 is 0 Å². The van der Waals surface area contributed by atoms with E-state index in [2.05, 4.69) is 27.0 Å². The van der Waals surface area contributed by atoms with Crippen molar-refractivity contribution in [3.05, 3.63) is 35.4 Å². The predicted molar refractivity (Wildman–Crippen MR) is 62.0 cm³/mol. The van der Waals surface area contributed by atoms with Crippen LogP contribution in [0.4, 0.5) is 0 Å². The number of rotatable bonds is 6. The lowest BCUT2D eigenvalue weighted by Gasteiger charge is -2.10. The second-order valence-corrected chi connectivity index (χ2v) is 3.64. The van der Waals surface area contributed by atoms with E-state index in [0.717, 1.165) is 30.7 Å². The molecule has 0 saturated carbocycles. The zero-order chi connectivity index (χ0) is 10.3. The van der Waals surface area contributed by atoms with Gasteiger partial charge in [-0.3, -0.25) is 0 Å². The third kappa shape index (κ3) is 4.94. The number of hydrogen-bond donors (Lipinski definition) is 0. The van der Waals surface area contributed by atoms with Gasteiger partial charge in [0.05, 0.1) is 0 Å².